The van der Waals surface area contributed by atoms with Crippen molar-refractivity contribution in [2.75, 3.05) is 0 Å². The summed E-state index contributed by atoms with van der Waals surface area (Å²) >= 11 is 0. The molecule has 2 heterocycles. The molecule has 266 valence electrons. The first kappa shape index (κ1) is 37.2. The molecule has 0 aliphatic carbocycles. The van der Waals surface area contributed by atoms with Crippen molar-refractivity contribution in [2.24, 2.45) is 0 Å². The minimum atomic E-state index is -1.06. The zero-order chi connectivity index (χ0) is 37.7. The van der Waals surface area contributed by atoms with Crippen LogP contribution in [0.1, 0.15) is 94.2 Å². The molecule has 2 aromatic heterocycles. The van der Waals surface area contributed by atoms with Gasteiger partial charge in [0.1, 0.15) is 22.4 Å². The lowest BCUT2D eigenvalue weighted by molar-refractivity contribution is 0.0495. The Hall–Kier alpha value is -5.58. The van der Waals surface area contributed by atoms with E-state index in [1.54, 1.807) is 83.1 Å². The van der Waals surface area contributed by atoms with Crippen LogP contribution in [-0.2, 0) is 18.9 Å². The topological polar surface area (TPSA) is 159 Å². The maximum Gasteiger partial charge on any atom is 0.423 e. The maximum atomic E-state index is 13.7. The van der Waals surface area contributed by atoms with E-state index in [2.05, 4.69) is 11.8 Å². The molecule has 0 amide bonds. The fourth-order valence-corrected chi connectivity index (χ4v) is 4.75. The van der Waals surface area contributed by atoms with E-state index < -0.39 is 58.2 Å². The van der Waals surface area contributed by atoms with Gasteiger partial charge < -0.3 is 18.9 Å². The highest BCUT2D eigenvalue weighted by Gasteiger charge is 2.32. The highest BCUT2D eigenvalue weighted by Crippen LogP contribution is 2.24. The van der Waals surface area contributed by atoms with Crippen molar-refractivity contribution < 1.29 is 38.1 Å². The zero-order valence-corrected chi connectivity index (χ0v) is 30.3. The Labute approximate surface area is 288 Å². The summed E-state index contributed by atoms with van der Waals surface area (Å²) in [5, 5.41) is 0. The molecular weight excluding hydrogens is 648 g/mol. The van der Waals surface area contributed by atoms with Gasteiger partial charge in [-0.15, -0.1) is 0 Å². The molecule has 50 heavy (non-hydrogen) atoms. The van der Waals surface area contributed by atoms with E-state index in [1.165, 1.54) is 36.4 Å². The number of para-hydroxylation sites is 2. The number of imidazole rings is 2. The Balaban J connectivity index is 2.05. The minimum absolute atomic E-state index is 0.0156. The molecule has 0 unspecified atom stereocenters. The molecule has 4 aromatic rings. The van der Waals surface area contributed by atoms with Crippen molar-refractivity contribution in [1.29, 1.82) is 0 Å². The normalized spacial score (nSPS) is 12.3. The quantitative estimate of drug-likeness (QED) is 0.148. The lowest BCUT2D eigenvalue weighted by Gasteiger charge is -2.19. The molecule has 0 aliphatic heterocycles. The summed E-state index contributed by atoms with van der Waals surface area (Å²) in [6, 6.07) is 9.00. The molecule has 0 bridgehead atoms. The Bertz CT molecular complexity index is 2070. The highest BCUT2D eigenvalue weighted by molar-refractivity contribution is 5.97. The second-order valence-corrected chi connectivity index (χ2v) is 15.4. The fourth-order valence-electron chi connectivity index (χ4n) is 4.75. The van der Waals surface area contributed by atoms with Crippen LogP contribution in [0.3, 0.4) is 0 Å². The van der Waals surface area contributed by atoms with E-state index in [-0.39, 0.29) is 33.2 Å². The van der Waals surface area contributed by atoms with Crippen LogP contribution in [0.25, 0.3) is 22.1 Å². The van der Waals surface area contributed by atoms with E-state index in [9.17, 15) is 28.8 Å². The van der Waals surface area contributed by atoms with E-state index in [0.717, 1.165) is 9.13 Å². The number of nitrogens with zero attached hydrogens (tertiary/aromatic N) is 4. The maximum absolute atomic E-state index is 13.7. The number of carbonyl (C=O) groups excluding carboxylic acids is 4. The van der Waals surface area contributed by atoms with Gasteiger partial charge in [-0.3, -0.25) is 0 Å². The Kier molecular flexibility index (Phi) is 9.46. The van der Waals surface area contributed by atoms with Gasteiger partial charge in [0.2, 0.25) is 0 Å². The largest absolute Gasteiger partial charge is 0.443 e. The van der Waals surface area contributed by atoms with E-state index in [1.807, 2.05) is 0 Å². The number of carbonyl (C=O) groups is 4. The first-order valence-corrected chi connectivity index (χ1v) is 15.8. The standard InChI is InChI=1S/C36H42N4O10/c1-33(2,3)47-29(43)37-23-17-13-15-21(25(23)39(27(37)41)31(45)49-35(7,8)9)19-20-22-16-14-18-24-26(22)40(32(46)50-36(10,11)12)28(42)38(24)30(44)48-34(4,5)6/h13-18H,1-12H3. The van der Waals surface area contributed by atoms with Gasteiger partial charge in [0, 0.05) is 0 Å². The summed E-state index contributed by atoms with van der Waals surface area (Å²) in [4.78, 5) is 80.8. The molecule has 14 nitrogen and oxygen atoms in total. The van der Waals surface area contributed by atoms with Crippen molar-refractivity contribution in [3.05, 3.63) is 68.5 Å². The highest BCUT2D eigenvalue weighted by atomic mass is 16.6. The summed E-state index contributed by atoms with van der Waals surface area (Å²) in [6.07, 6.45) is -4.15. The average Bonchev–Trinajstić information content (AvgIpc) is 3.38. The summed E-state index contributed by atoms with van der Waals surface area (Å²) in [7, 11) is 0. The van der Waals surface area contributed by atoms with Crippen molar-refractivity contribution in [3.63, 3.8) is 0 Å². The van der Waals surface area contributed by atoms with Gasteiger partial charge in [-0.2, -0.15) is 18.3 Å². The van der Waals surface area contributed by atoms with Gasteiger partial charge in [0.15, 0.2) is 0 Å². The van der Waals surface area contributed by atoms with Gasteiger partial charge in [-0.05, 0) is 107 Å². The van der Waals surface area contributed by atoms with Crippen LogP contribution in [0.5, 0.6) is 0 Å². The summed E-state index contributed by atoms with van der Waals surface area (Å²) in [5.74, 6) is 5.83. The van der Waals surface area contributed by atoms with Crippen molar-refractivity contribution in [1.82, 2.24) is 18.3 Å². The number of hydrogen-bond donors (Lipinski definition) is 0. The van der Waals surface area contributed by atoms with Crippen LogP contribution in [0.4, 0.5) is 19.2 Å². The average molecular weight is 691 g/mol. The van der Waals surface area contributed by atoms with Gasteiger partial charge in [-0.25, -0.2) is 28.8 Å². The third kappa shape index (κ3) is 7.99. The lowest BCUT2D eigenvalue weighted by atomic mass is 10.1. The van der Waals surface area contributed by atoms with E-state index in [4.69, 9.17) is 18.9 Å². The first-order valence-electron chi connectivity index (χ1n) is 15.8. The van der Waals surface area contributed by atoms with Crippen LogP contribution < -0.4 is 11.4 Å². The van der Waals surface area contributed by atoms with Crippen molar-refractivity contribution in [2.45, 2.75) is 105 Å². The smallest absolute Gasteiger partial charge is 0.423 e. The van der Waals surface area contributed by atoms with Crippen LogP contribution >= 0.6 is 0 Å². The number of aromatic nitrogens is 4. The number of hydrogen-bond acceptors (Lipinski definition) is 10. The third-order valence-corrected chi connectivity index (χ3v) is 6.36. The monoisotopic (exact) mass is 690 g/mol. The second kappa shape index (κ2) is 12.7. The molecule has 0 N–H and O–H groups in total. The number of fused-ring (bicyclic) bond motifs is 2. The third-order valence-electron chi connectivity index (χ3n) is 6.36. The number of ether oxygens (including phenoxy) is 4. The second-order valence-electron chi connectivity index (χ2n) is 15.4. The van der Waals surface area contributed by atoms with Crippen molar-refractivity contribution in [3.8, 4) is 11.8 Å². The van der Waals surface area contributed by atoms with Crippen LogP contribution in [0, 0.1) is 11.8 Å². The van der Waals surface area contributed by atoms with Gasteiger partial charge in [0.25, 0.3) is 0 Å². The lowest BCUT2D eigenvalue weighted by Crippen LogP contribution is -2.38. The summed E-state index contributed by atoms with van der Waals surface area (Å²) in [5.41, 5.74) is -5.84. The molecular formula is C36H42N4O10. The number of benzene rings is 2. The molecule has 0 atom stereocenters. The summed E-state index contributed by atoms with van der Waals surface area (Å²) in [6.45, 7) is 19.5. The van der Waals surface area contributed by atoms with E-state index >= 15 is 0 Å². The molecule has 0 aliphatic rings. The van der Waals surface area contributed by atoms with Gasteiger partial charge in [0.05, 0.1) is 33.2 Å². The van der Waals surface area contributed by atoms with Crippen LogP contribution in [0.15, 0.2) is 46.0 Å². The van der Waals surface area contributed by atoms with Crippen molar-refractivity contribution >= 4 is 46.4 Å². The predicted molar refractivity (Wildman–Crippen MR) is 185 cm³/mol. The van der Waals surface area contributed by atoms with E-state index in [0.29, 0.717) is 9.13 Å². The molecule has 0 radical (unpaired) electrons. The molecule has 0 fully saturated rings. The Morgan fingerprint density at radius 2 is 0.720 bits per heavy atom. The summed E-state index contributed by atoms with van der Waals surface area (Å²) < 4.78 is 24.8. The van der Waals surface area contributed by atoms with Crippen LogP contribution in [0.2, 0.25) is 0 Å². The molecule has 0 saturated carbocycles. The zero-order valence-electron chi connectivity index (χ0n) is 30.3. The fraction of sp³-hybridized carbons (Fsp3) is 0.444. The van der Waals surface area contributed by atoms with Crippen LogP contribution in [-0.4, -0.2) is 65.0 Å². The number of rotatable bonds is 0. The minimum Gasteiger partial charge on any atom is -0.443 e. The Morgan fingerprint density at radius 3 is 0.980 bits per heavy atom. The van der Waals surface area contributed by atoms with Gasteiger partial charge >= 0.3 is 35.8 Å². The molecule has 4 rings (SSSR count). The first-order chi connectivity index (χ1) is 22.8. The Morgan fingerprint density at radius 1 is 0.460 bits per heavy atom. The SMILES string of the molecule is CC(C)(C)OC(=O)n1c(=O)n(C(=O)OC(C)(C)C)c2c(C#Cc3cccc4c3n(C(=O)OC(C)(C)C)c(=O)n4C(=O)OC(C)(C)C)cccc21. The van der Waals surface area contributed by atoms with Gasteiger partial charge in [-0.1, -0.05) is 24.0 Å². The molecule has 0 saturated heterocycles. The molecule has 0 spiro atoms. The predicted octanol–water partition coefficient (Wildman–Crippen LogP) is 6.45. The molecule has 14 heteroatoms. The molecule has 2 aromatic carbocycles.